The summed E-state index contributed by atoms with van der Waals surface area (Å²) < 4.78 is 0. The molecule has 0 nitrogen and oxygen atoms in total. The molecule has 6 aromatic carbocycles. The number of hydrogen-bond donors (Lipinski definition) is 0. The molecule has 0 bridgehead atoms. The average Bonchev–Trinajstić information content (AvgIpc) is 3.03. The van der Waals surface area contributed by atoms with Crippen LogP contribution in [0.25, 0.3) is 22.3 Å². The Kier molecular flexibility index (Phi) is 6.17. The highest BCUT2D eigenvalue weighted by Gasteiger charge is 2.62. The van der Waals surface area contributed by atoms with Crippen molar-refractivity contribution in [1.29, 1.82) is 0 Å². The van der Waals surface area contributed by atoms with Crippen LogP contribution in [-0.2, 0) is 10.8 Å². The maximum absolute atomic E-state index is 2.44. The summed E-state index contributed by atoms with van der Waals surface area (Å²) in [6.07, 6.45) is 2.17. The molecule has 1 saturated carbocycles. The lowest BCUT2D eigenvalue weighted by molar-refractivity contribution is 0.151. The molecule has 1 aliphatic carbocycles. The largest absolute Gasteiger partial charge is 0.0622 e. The molecule has 40 heavy (non-hydrogen) atoms. The topological polar surface area (TPSA) is 0 Å². The van der Waals surface area contributed by atoms with Crippen LogP contribution in [0.4, 0.5) is 0 Å². The monoisotopic (exact) mass is 512 g/mol. The minimum absolute atomic E-state index is 0.213. The van der Waals surface area contributed by atoms with Crippen LogP contribution in [-0.4, -0.2) is 0 Å². The highest BCUT2D eigenvalue weighted by Crippen LogP contribution is 2.65. The van der Waals surface area contributed by atoms with Gasteiger partial charge in [-0.15, -0.1) is 0 Å². The van der Waals surface area contributed by atoms with E-state index in [0.29, 0.717) is 0 Å². The van der Waals surface area contributed by atoms with E-state index < -0.39 is 0 Å². The molecule has 0 aromatic heterocycles. The Balaban J connectivity index is 1.51. The lowest BCUT2D eigenvalue weighted by Gasteiger charge is -2.61. The van der Waals surface area contributed by atoms with E-state index in [-0.39, 0.29) is 10.8 Å². The summed E-state index contributed by atoms with van der Waals surface area (Å²) in [6.45, 7) is 0. The van der Waals surface area contributed by atoms with Crippen molar-refractivity contribution in [3.05, 3.63) is 192 Å². The zero-order valence-corrected chi connectivity index (χ0v) is 22.6. The predicted octanol–water partition coefficient (Wildman–Crippen LogP) is 10.1. The first-order valence-electron chi connectivity index (χ1n) is 14.2. The van der Waals surface area contributed by atoms with Crippen LogP contribution in [0.3, 0.4) is 0 Å². The first-order valence-corrected chi connectivity index (χ1v) is 14.2. The predicted molar refractivity (Wildman–Crippen MR) is 167 cm³/mol. The van der Waals surface area contributed by atoms with Crippen molar-refractivity contribution in [3.63, 3.8) is 0 Å². The second kappa shape index (κ2) is 10.1. The van der Waals surface area contributed by atoms with Crippen molar-refractivity contribution in [2.24, 2.45) is 0 Å². The van der Waals surface area contributed by atoms with Crippen molar-refractivity contribution < 1.29 is 0 Å². The van der Waals surface area contributed by atoms with Crippen LogP contribution in [0.1, 0.15) is 35.1 Å². The number of hydrogen-bond acceptors (Lipinski definition) is 0. The Bertz CT molecular complexity index is 1590. The van der Waals surface area contributed by atoms with E-state index >= 15 is 0 Å². The summed E-state index contributed by atoms with van der Waals surface area (Å²) in [7, 11) is 0. The van der Waals surface area contributed by atoms with Crippen LogP contribution >= 0.6 is 0 Å². The lowest BCUT2D eigenvalue weighted by atomic mass is 9.40. The summed E-state index contributed by atoms with van der Waals surface area (Å²) in [5.41, 5.74) is 10.1. The second-order valence-electron chi connectivity index (χ2n) is 10.9. The molecule has 7 rings (SSSR count). The molecule has 0 radical (unpaired) electrons. The molecule has 1 aliphatic rings. The zero-order valence-electron chi connectivity index (χ0n) is 22.6. The van der Waals surface area contributed by atoms with Crippen LogP contribution < -0.4 is 0 Å². The van der Waals surface area contributed by atoms with E-state index in [9.17, 15) is 0 Å². The normalized spacial score (nSPS) is 20.0. The molecule has 0 amide bonds. The van der Waals surface area contributed by atoms with Gasteiger partial charge in [0.15, 0.2) is 0 Å². The van der Waals surface area contributed by atoms with Gasteiger partial charge in [-0.1, -0.05) is 170 Å². The Morgan fingerprint density at radius 2 is 0.575 bits per heavy atom. The van der Waals surface area contributed by atoms with Gasteiger partial charge in [-0.25, -0.2) is 0 Å². The third-order valence-electron chi connectivity index (χ3n) is 9.06. The fourth-order valence-electron chi connectivity index (χ4n) is 7.16. The summed E-state index contributed by atoms with van der Waals surface area (Å²) >= 11 is 0. The van der Waals surface area contributed by atoms with E-state index in [2.05, 4.69) is 170 Å². The first-order chi connectivity index (χ1) is 19.8. The van der Waals surface area contributed by atoms with Crippen molar-refractivity contribution in [2.45, 2.75) is 23.7 Å². The third kappa shape index (κ3) is 3.83. The average molecular weight is 513 g/mol. The summed E-state index contributed by atoms with van der Waals surface area (Å²) in [5, 5.41) is 0. The van der Waals surface area contributed by atoms with Crippen molar-refractivity contribution in [1.82, 2.24) is 0 Å². The summed E-state index contributed by atoms with van der Waals surface area (Å²) in [6, 6.07) is 62.6. The Morgan fingerprint density at radius 1 is 0.275 bits per heavy atom. The highest BCUT2D eigenvalue weighted by molar-refractivity contribution is 5.70. The lowest BCUT2D eigenvalue weighted by Crippen LogP contribution is -2.59. The molecule has 1 fully saturated rings. The number of rotatable bonds is 6. The molecule has 192 valence electrons. The molecule has 0 heteroatoms. The van der Waals surface area contributed by atoms with Crippen LogP contribution in [0.5, 0.6) is 0 Å². The molecule has 2 atom stereocenters. The van der Waals surface area contributed by atoms with E-state index in [1.807, 2.05) is 0 Å². The van der Waals surface area contributed by atoms with Crippen molar-refractivity contribution in [3.8, 4) is 22.3 Å². The molecular weight excluding hydrogens is 480 g/mol. The molecule has 0 spiro atoms. The minimum Gasteiger partial charge on any atom is -0.0622 e. The van der Waals surface area contributed by atoms with Crippen LogP contribution in [0.2, 0.25) is 0 Å². The maximum Gasteiger partial charge on any atom is 0.0340 e. The van der Waals surface area contributed by atoms with Gasteiger partial charge in [-0.3, -0.25) is 0 Å². The smallest absolute Gasteiger partial charge is 0.0340 e. The SMILES string of the molecule is c1ccc(-c2cccc(C3(c4ccccc4)CCC3(c3ccccc3)c3cccc(-c4ccccc4)c3)c2)cc1. The molecule has 0 heterocycles. The summed E-state index contributed by atoms with van der Waals surface area (Å²) in [5.74, 6) is 0. The molecule has 6 aromatic rings. The Morgan fingerprint density at radius 3 is 0.925 bits per heavy atom. The summed E-state index contributed by atoms with van der Waals surface area (Å²) in [4.78, 5) is 0. The van der Waals surface area contributed by atoms with E-state index in [1.54, 1.807) is 0 Å². The van der Waals surface area contributed by atoms with E-state index in [0.717, 1.165) is 12.8 Å². The first kappa shape index (κ1) is 24.4. The van der Waals surface area contributed by atoms with Crippen LogP contribution in [0, 0.1) is 0 Å². The van der Waals surface area contributed by atoms with Gasteiger partial charge in [-0.05, 0) is 57.3 Å². The molecular formula is C40H32. The van der Waals surface area contributed by atoms with Gasteiger partial charge in [0.25, 0.3) is 0 Å². The van der Waals surface area contributed by atoms with Gasteiger partial charge >= 0.3 is 0 Å². The zero-order chi connectivity index (χ0) is 26.8. The fourth-order valence-corrected chi connectivity index (χ4v) is 7.16. The molecule has 0 N–H and O–H groups in total. The van der Waals surface area contributed by atoms with Crippen molar-refractivity contribution >= 4 is 0 Å². The van der Waals surface area contributed by atoms with Gasteiger partial charge in [-0.2, -0.15) is 0 Å². The van der Waals surface area contributed by atoms with Gasteiger partial charge in [0.2, 0.25) is 0 Å². The third-order valence-corrected chi connectivity index (χ3v) is 9.06. The quantitative estimate of drug-likeness (QED) is 0.208. The van der Waals surface area contributed by atoms with Gasteiger partial charge in [0.05, 0.1) is 0 Å². The second-order valence-corrected chi connectivity index (χ2v) is 10.9. The van der Waals surface area contributed by atoms with E-state index in [4.69, 9.17) is 0 Å². The molecule has 0 aliphatic heterocycles. The van der Waals surface area contributed by atoms with Crippen LogP contribution in [0.15, 0.2) is 170 Å². The number of benzene rings is 6. The minimum atomic E-state index is -0.213. The van der Waals surface area contributed by atoms with Gasteiger partial charge in [0.1, 0.15) is 0 Å². The molecule has 0 saturated heterocycles. The fraction of sp³-hybridized carbons (Fsp3) is 0.100. The van der Waals surface area contributed by atoms with E-state index in [1.165, 1.54) is 44.5 Å². The Labute approximate surface area is 237 Å². The van der Waals surface area contributed by atoms with Gasteiger partial charge in [0, 0.05) is 10.8 Å². The maximum atomic E-state index is 2.44. The van der Waals surface area contributed by atoms with Gasteiger partial charge < -0.3 is 0 Å². The van der Waals surface area contributed by atoms with Crippen molar-refractivity contribution in [2.75, 3.05) is 0 Å². The highest BCUT2D eigenvalue weighted by atomic mass is 14.6. The molecule has 2 unspecified atom stereocenters. The Hall–Kier alpha value is -4.68. The standard InChI is InChI=1S/C40H32/c1-5-15-31(16-6-1)33-19-13-25-37(29-33)39(35-21-9-3-10-22-35)27-28-40(39,36-23-11-4-12-24-36)38-26-14-20-34(30-38)32-17-7-2-8-18-32/h1-26,29-30H,27-28H2.